The molecule has 2 heterocycles. The zero-order chi connectivity index (χ0) is 11.5. The normalized spacial score (nSPS) is 40.6. The molecule has 0 unspecified atom stereocenters. The van der Waals surface area contributed by atoms with Crippen LogP contribution in [-0.2, 0) is 9.47 Å². The highest BCUT2D eigenvalue weighted by Gasteiger charge is 2.60. The van der Waals surface area contributed by atoms with E-state index in [1.165, 1.54) is 12.8 Å². The largest absolute Gasteiger partial charge is 0.444 e. The van der Waals surface area contributed by atoms with Gasteiger partial charge in [0.1, 0.15) is 11.7 Å². The van der Waals surface area contributed by atoms with Crippen molar-refractivity contribution in [3.8, 4) is 0 Å². The smallest absolute Gasteiger partial charge is 0.410 e. The van der Waals surface area contributed by atoms with E-state index in [1.54, 1.807) is 0 Å². The lowest BCUT2D eigenvalue weighted by molar-refractivity contribution is -0.0418. The van der Waals surface area contributed by atoms with Gasteiger partial charge < -0.3 is 14.4 Å². The molecule has 4 heteroatoms. The molecule has 3 rings (SSSR count). The van der Waals surface area contributed by atoms with E-state index in [-0.39, 0.29) is 6.09 Å². The first-order valence-corrected chi connectivity index (χ1v) is 6.11. The maximum Gasteiger partial charge on any atom is 0.410 e. The SMILES string of the molecule is CC(C)(C)OC(=O)N1C[C@@H]2CC[C@@H]3O[C@@H]3[C@@H]21. The van der Waals surface area contributed by atoms with E-state index in [1.807, 2.05) is 25.7 Å². The van der Waals surface area contributed by atoms with Gasteiger partial charge in [0.25, 0.3) is 0 Å². The molecule has 16 heavy (non-hydrogen) atoms. The Bertz CT molecular complexity index is 321. The number of hydrogen-bond donors (Lipinski definition) is 0. The topological polar surface area (TPSA) is 42.1 Å². The van der Waals surface area contributed by atoms with Gasteiger partial charge in [-0.05, 0) is 39.5 Å². The Labute approximate surface area is 95.9 Å². The summed E-state index contributed by atoms with van der Waals surface area (Å²) in [5.74, 6) is 0.649. The fourth-order valence-corrected chi connectivity index (χ4v) is 2.89. The van der Waals surface area contributed by atoms with Crippen molar-refractivity contribution in [3.05, 3.63) is 0 Å². The number of ether oxygens (including phenoxy) is 2. The average molecular weight is 225 g/mol. The molecule has 1 aliphatic carbocycles. The van der Waals surface area contributed by atoms with Crippen molar-refractivity contribution in [3.63, 3.8) is 0 Å². The third-order valence-electron chi connectivity index (χ3n) is 3.68. The van der Waals surface area contributed by atoms with Crippen LogP contribution < -0.4 is 0 Å². The summed E-state index contributed by atoms with van der Waals surface area (Å²) in [4.78, 5) is 13.8. The zero-order valence-corrected chi connectivity index (χ0v) is 10.1. The van der Waals surface area contributed by atoms with Crippen LogP contribution in [0.25, 0.3) is 0 Å². The molecule has 0 spiro atoms. The van der Waals surface area contributed by atoms with Crippen molar-refractivity contribution in [2.75, 3.05) is 6.54 Å². The molecule has 3 fully saturated rings. The van der Waals surface area contributed by atoms with Gasteiger partial charge in [-0.15, -0.1) is 0 Å². The number of fused-ring (bicyclic) bond motifs is 3. The summed E-state index contributed by atoms with van der Waals surface area (Å²) < 4.78 is 11.0. The fraction of sp³-hybridized carbons (Fsp3) is 0.917. The van der Waals surface area contributed by atoms with Crippen molar-refractivity contribution < 1.29 is 14.3 Å². The molecule has 0 aromatic heterocycles. The van der Waals surface area contributed by atoms with Gasteiger partial charge in [-0.2, -0.15) is 0 Å². The van der Waals surface area contributed by atoms with Gasteiger partial charge in [-0.25, -0.2) is 4.79 Å². The monoisotopic (exact) mass is 225 g/mol. The predicted molar refractivity (Wildman–Crippen MR) is 58.1 cm³/mol. The molecule has 0 bridgehead atoms. The van der Waals surface area contributed by atoms with Crippen molar-refractivity contribution in [1.29, 1.82) is 0 Å². The van der Waals surface area contributed by atoms with Crippen LogP contribution in [0.5, 0.6) is 0 Å². The van der Waals surface area contributed by atoms with E-state index in [4.69, 9.17) is 9.47 Å². The minimum Gasteiger partial charge on any atom is -0.444 e. The first-order valence-electron chi connectivity index (χ1n) is 6.11. The van der Waals surface area contributed by atoms with Crippen LogP contribution in [0.3, 0.4) is 0 Å². The Morgan fingerprint density at radius 3 is 2.81 bits per heavy atom. The molecule has 0 aromatic carbocycles. The second-order valence-corrected chi connectivity index (χ2v) is 6.10. The molecule has 90 valence electrons. The van der Waals surface area contributed by atoms with Gasteiger partial charge in [-0.3, -0.25) is 0 Å². The second kappa shape index (κ2) is 3.13. The Hall–Kier alpha value is -0.770. The molecule has 1 saturated carbocycles. The predicted octanol–water partition coefficient (Wildman–Crippen LogP) is 1.78. The van der Waals surface area contributed by atoms with Crippen LogP contribution in [0.2, 0.25) is 0 Å². The molecule has 2 saturated heterocycles. The van der Waals surface area contributed by atoms with Gasteiger partial charge in [0.2, 0.25) is 0 Å². The van der Waals surface area contributed by atoms with Crippen LogP contribution in [0.15, 0.2) is 0 Å². The molecule has 0 radical (unpaired) electrons. The molecule has 4 atom stereocenters. The lowest BCUT2D eigenvalue weighted by Crippen LogP contribution is -2.63. The quantitative estimate of drug-likeness (QED) is 0.590. The lowest BCUT2D eigenvalue weighted by Gasteiger charge is -2.49. The number of nitrogens with zero attached hydrogens (tertiary/aromatic N) is 1. The number of amides is 1. The summed E-state index contributed by atoms with van der Waals surface area (Å²) in [6.45, 7) is 6.56. The average Bonchev–Trinajstić information content (AvgIpc) is 2.78. The van der Waals surface area contributed by atoms with E-state index in [9.17, 15) is 4.79 Å². The number of carbonyl (C=O) groups excluding carboxylic acids is 1. The third kappa shape index (κ3) is 1.59. The highest BCUT2D eigenvalue weighted by molar-refractivity contribution is 5.70. The highest BCUT2D eigenvalue weighted by Crippen LogP contribution is 2.47. The zero-order valence-electron chi connectivity index (χ0n) is 10.1. The molecule has 1 amide bonds. The Morgan fingerprint density at radius 1 is 1.38 bits per heavy atom. The van der Waals surface area contributed by atoms with Gasteiger partial charge in [0.05, 0.1) is 12.1 Å². The molecule has 0 aromatic rings. The molecular weight excluding hydrogens is 206 g/mol. The van der Waals surface area contributed by atoms with Crippen LogP contribution in [0.1, 0.15) is 33.6 Å². The maximum absolute atomic E-state index is 11.9. The first-order chi connectivity index (χ1) is 7.46. The van der Waals surface area contributed by atoms with E-state index in [2.05, 4.69) is 0 Å². The summed E-state index contributed by atoms with van der Waals surface area (Å²) in [6, 6.07) is 0.300. The number of epoxide rings is 1. The van der Waals surface area contributed by atoms with E-state index < -0.39 is 5.60 Å². The Balaban J connectivity index is 1.63. The van der Waals surface area contributed by atoms with E-state index >= 15 is 0 Å². The number of likely N-dealkylation sites (tertiary alicyclic amines) is 1. The lowest BCUT2D eigenvalue weighted by atomic mass is 9.77. The summed E-state index contributed by atoms with van der Waals surface area (Å²) in [5.41, 5.74) is -0.402. The van der Waals surface area contributed by atoms with Gasteiger partial charge in [0, 0.05) is 6.54 Å². The molecule has 4 nitrogen and oxygen atoms in total. The molecular formula is C12H19NO3. The number of hydrogen-bond acceptors (Lipinski definition) is 3. The van der Waals surface area contributed by atoms with Crippen LogP contribution in [0.4, 0.5) is 4.79 Å². The fourth-order valence-electron chi connectivity index (χ4n) is 2.89. The van der Waals surface area contributed by atoms with Crippen molar-refractivity contribution in [2.45, 2.75) is 57.5 Å². The minimum absolute atomic E-state index is 0.176. The minimum atomic E-state index is -0.402. The molecule has 3 aliphatic rings. The second-order valence-electron chi connectivity index (χ2n) is 6.10. The highest BCUT2D eigenvalue weighted by atomic mass is 16.6. The van der Waals surface area contributed by atoms with E-state index in [0.29, 0.717) is 24.2 Å². The summed E-state index contributed by atoms with van der Waals surface area (Å²) in [7, 11) is 0. The molecule has 2 aliphatic heterocycles. The van der Waals surface area contributed by atoms with Crippen LogP contribution >= 0.6 is 0 Å². The molecule has 0 N–H and O–H groups in total. The van der Waals surface area contributed by atoms with Gasteiger partial charge in [0.15, 0.2) is 0 Å². The summed E-state index contributed by atoms with van der Waals surface area (Å²) in [6.07, 6.45) is 2.93. The maximum atomic E-state index is 11.9. The summed E-state index contributed by atoms with van der Waals surface area (Å²) >= 11 is 0. The van der Waals surface area contributed by atoms with Gasteiger partial charge >= 0.3 is 6.09 Å². The Kier molecular flexibility index (Phi) is 2.03. The Morgan fingerprint density at radius 2 is 2.12 bits per heavy atom. The van der Waals surface area contributed by atoms with Crippen molar-refractivity contribution in [2.24, 2.45) is 5.92 Å². The number of rotatable bonds is 0. The standard InChI is InChI=1S/C12H19NO3/c1-12(2,3)16-11(14)13-6-7-4-5-8-10(15-8)9(7)13/h7-10H,4-6H2,1-3H3/t7-,8-,9+,10-/m0/s1. The van der Waals surface area contributed by atoms with Crippen molar-refractivity contribution >= 4 is 6.09 Å². The first kappa shape index (κ1) is 10.4. The van der Waals surface area contributed by atoms with Crippen LogP contribution in [0, 0.1) is 5.92 Å². The van der Waals surface area contributed by atoms with E-state index in [0.717, 1.165) is 6.54 Å². The van der Waals surface area contributed by atoms with Crippen LogP contribution in [-0.4, -0.2) is 41.4 Å². The van der Waals surface area contributed by atoms with Crippen molar-refractivity contribution in [1.82, 2.24) is 4.90 Å². The van der Waals surface area contributed by atoms with Gasteiger partial charge in [-0.1, -0.05) is 0 Å². The summed E-state index contributed by atoms with van der Waals surface area (Å²) in [5, 5.41) is 0. The third-order valence-corrected chi connectivity index (χ3v) is 3.68. The number of carbonyl (C=O) groups is 1.